The Labute approximate surface area is 170 Å². The number of pyridine rings is 2. The van der Waals surface area contributed by atoms with E-state index in [9.17, 15) is 4.79 Å². The van der Waals surface area contributed by atoms with Gasteiger partial charge >= 0.3 is 0 Å². The van der Waals surface area contributed by atoms with Crippen molar-refractivity contribution < 1.29 is 4.79 Å². The Hall–Kier alpha value is -3.58. The van der Waals surface area contributed by atoms with E-state index < -0.39 is 0 Å². The second-order valence-corrected chi connectivity index (χ2v) is 7.68. The second-order valence-electron chi connectivity index (χ2n) is 6.73. The lowest BCUT2D eigenvalue weighted by molar-refractivity contribution is 0.0939. The van der Waals surface area contributed by atoms with Gasteiger partial charge in [-0.2, -0.15) is 0 Å². The summed E-state index contributed by atoms with van der Waals surface area (Å²) in [6.45, 7) is 1.91. The van der Waals surface area contributed by atoms with Crippen molar-refractivity contribution in [3.63, 3.8) is 0 Å². The molecule has 1 unspecified atom stereocenters. The third-order valence-electron chi connectivity index (χ3n) is 4.81. The molecular weight excluding hydrogens is 382 g/mol. The zero-order chi connectivity index (χ0) is 19.8. The van der Waals surface area contributed by atoms with Gasteiger partial charge in [-0.05, 0) is 42.6 Å². The molecule has 1 aromatic carbocycles. The van der Waals surface area contributed by atoms with Crippen molar-refractivity contribution in [3.8, 4) is 10.6 Å². The Balaban J connectivity index is 1.53. The van der Waals surface area contributed by atoms with Crippen LogP contribution in [-0.2, 0) is 0 Å². The van der Waals surface area contributed by atoms with Crippen LogP contribution in [0.25, 0.3) is 27.1 Å². The van der Waals surface area contributed by atoms with Crippen molar-refractivity contribution in [1.29, 1.82) is 0 Å². The van der Waals surface area contributed by atoms with E-state index in [-0.39, 0.29) is 11.9 Å². The summed E-state index contributed by atoms with van der Waals surface area (Å²) in [6, 6.07) is 18.9. The van der Waals surface area contributed by atoms with Crippen molar-refractivity contribution in [2.24, 2.45) is 0 Å². The van der Waals surface area contributed by atoms with Crippen molar-refractivity contribution in [2.75, 3.05) is 0 Å². The van der Waals surface area contributed by atoms with Gasteiger partial charge in [0.2, 0.25) is 0 Å². The fourth-order valence-corrected chi connectivity index (χ4v) is 4.09. The molecule has 1 atom stereocenters. The first-order chi connectivity index (χ1) is 14.2. The van der Waals surface area contributed by atoms with Crippen LogP contribution < -0.4 is 5.32 Å². The molecule has 4 aromatic heterocycles. The number of aromatic nitrogens is 4. The van der Waals surface area contributed by atoms with Gasteiger partial charge in [-0.1, -0.05) is 30.3 Å². The smallest absolute Gasteiger partial charge is 0.252 e. The summed E-state index contributed by atoms with van der Waals surface area (Å²) in [5.41, 5.74) is 2.94. The van der Waals surface area contributed by atoms with Crippen LogP contribution in [0.1, 0.15) is 29.1 Å². The molecule has 29 heavy (non-hydrogen) atoms. The summed E-state index contributed by atoms with van der Waals surface area (Å²) in [5, 5.41) is 14.3. The van der Waals surface area contributed by atoms with E-state index in [0.717, 1.165) is 27.1 Å². The number of nitrogens with zero attached hydrogens (tertiary/aromatic N) is 4. The molecule has 1 N–H and O–H groups in total. The van der Waals surface area contributed by atoms with Crippen LogP contribution in [0.3, 0.4) is 0 Å². The molecule has 0 aliphatic heterocycles. The molecular formula is C22H17N5OS. The van der Waals surface area contributed by atoms with Crippen LogP contribution in [-0.4, -0.2) is 25.5 Å². The third kappa shape index (κ3) is 3.15. The predicted molar refractivity (Wildman–Crippen MR) is 114 cm³/mol. The molecule has 0 aliphatic carbocycles. The number of carbonyl (C=O) groups is 1. The summed E-state index contributed by atoms with van der Waals surface area (Å²) in [7, 11) is 0. The second kappa shape index (κ2) is 7.10. The number of nitrogens with one attached hydrogen (secondary N) is 1. The Morgan fingerprint density at radius 2 is 1.93 bits per heavy atom. The molecule has 7 heteroatoms. The minimum absolute atomic E-state index is 0.165. The quantitative estimate of drug-likeness (QED) is 0.483. The molecule has 0 saturated heterocycles. The van der Waals surface area contributed by atoms with E-state index in [4.69, 9.17) is 4.98 Å². The molecule has 0 saturated carbocycles. The summed E-state index contributed by atoms with van der Waals surface area (Å²) in [5.74, 6) is 0.521. The fourth-order valence-electron chi connectivity index (χ4n) is 3.41. The normalized spacial score (nSPS) is 12.3. The molecule has 0 radical (unpaired) electrons. The topological polar surface area (TPSA) is 72.2 Å². The van der Waals surface area contributed by atoms with E-state index in [1.54, 1.807) is 11.3 Å². The number of para-hydroxylation sites is 1. The zero-order valence-corrected chi connectivity index (χ0v) is 16.4. The van der Waals surface area contributed by atoms with Crippen molar-refractivity contribution in [3.05, 3.63) is 83.6 Å². The highest BCUT2D eigenvalue weighted by molar-refractivity contribution is 7.13. The first-order valence-corrected chi connectivity index (χ1v) is 10.1. The Morgan fingerprint density at radius 3 is 2.79 bits per heavy atom. The van der Waals surface area contributed by atoms with Gasteiger partial charge in [-0.25, -0.2) is 4.98 Å². The highest BCUT2D eigenvalue weighted by Gasteiger charge is 2.19. The predicted octanol–water partition coefficient (Wildman–Crippen LogP) is 4.50. The number of thiophene rings is 1. The number of rotatable bonds is 4. The zero-order valence-electron chi connectivity index (χ0n) is 15.6. The average Bonchev–Trinajstić information content (AvgIpc) is 3.43. The summed E-state index contributed by atoms with van der Waals surface area (Å²) < 4.78 is 1.88. The van der Waals surface area contributed by atoms with E-state index in [2.05, 4.69) is 15.5 Å². The first-order valence-electron chi connectivity index (χ1n) is 9.25. The molecule has 142 valence electrons. The van der Waals surface area contributed by atoms with Gasteiger partial charge in [0, 0.05) is 11.6 Å². The van der Waals surface area contributed by atoms with Crippen LogP contribution in [0.4, 0.5) is 0 Å². The fraction of sp³-hybridized carbons (Fsp3) is 0.0909. The maximum absolute atomic E-state index is 13.2. The Kier molecular flexibility index (Phi) is 4.29. The van der Waals surface area contributed by atoms with Gasteiger partial charge in [-0.3, -0.25) is 9.20 Å². The number of amides is 1. The van der Waals surface area contributed by atoms with Crippen LogP contribution in [0.2, 0.25) is 0 Å². The molecule has 0 bridgehead atoms. The molecule has 0 spiro atoms. The molecule has 4 heterocycles. The standard InChI is InChI=1S/C22H17N5OS/c1-14(21-26-25-20-10-4-5-11-27(20)21)23-22(28)16-13-18(19-9-6-12-29-19)24-17-8-3-2-7-15(16)17/h2-14H,1H3,(H,23,28). The van der Waals surface area contributed by atoms with E-state index in [0.29, 0.717) is 11.4 Å². The van der Waals surface area contributed by atoms with Gasteiger partial charge < -0.3 is 5.32 Å². The van der Waals surface area contributed by atoms with E-state index in [1.165, 1.54) is 0 Å². The minimum atomic E-state index is -0.308. The monoisotopic (exact) mass is 399 g/mol. The molecule has 1 amide bonds. The van der Waals surface area contributed by atoms with Crippen LogP contribution >= 0.6 is 11.3 Å². The highest BCUT2D eigenvalue weighted by atomic mass is 32.1. The summed E-state index contributed by atoms with van der Waals surface area (Å²) >= 11 is 1.60. The Morgan fingerprint density at radius 1 is 1.07 bits per heavy atom. The van der Waals surface area contributed by atoms with Crippen LogP contribution in [0.15, 0.2) is 72.2 Å². The maximum Gasteiger partial charge on any atom is 0.252 e. The third-order valence-corrected chi connectivity index (χ3v) is 5.70. The largest absolute Gasteiger partial charge is 0.342 e. The van der Waals surface area contributed by atoms with Crippen molar-refractivity contribution >= 4 is 33.8 Å². The minimum Gasteiger partial charge on any atom is -0.342 e. The lowest BCUT2D eigenvalue weighted by atomic mass is 10.1. The average molecular weight is 399 g/mol. The highest BCUT2D eigenvalue weighted by Crippen LogP contribution is 2.28. The lowest BCUT2D eigenvalue weighted by Gasteiger charge is -2.14. The number of carbonyl (C=O) groups excluding carboxylic acids is 1. The number of hydrogen-bond donors (Lipinski definition) is 1. The SMILES string of the molecule is CC(NC(=O)c1cc(-c2cccs2)nc2ccccc12)c1nnc2ccccn12. The molecule has 5 rings (SSSR count). The van der Waals surface area contributed by atoms with Gasteiger partial charge in [-0.15, -0.1) is 21.5 Å². The van der Waals surface area contributed by atoms with Gasteiger partial charge in [0.1, 0.15) is 0 Å². The first kappa shape index (κ1) is 17.5. The van der Waals surface area contributed by atoms with Crippen LogP contribution in [0.5, 0.6) is 0 Å². The lowest BCUT2D eigenvalue weighted by Crippen LogP contribution is -2.28. The molecule has 0 aliphatic rings. The summed E-state index contributed by atoms with van der Waals surface area (Å²) in [4.78, 5) is 19.0. The maximum atomic E-state index is 13.2. The number of fused-ring (bicyclic) bond motifs is 2. The number of hydrogen-bond acceptors (Lipinski definition) is 5. The number of benzene rings is 1. The van der Waals surface area contributed by atoms with Crippen LogP contribution in [0, 0.1) is 0 Å². The molecule has 5 aromatic rings. The Bertz CT molecular complexity index is 1330. The molecule has 6 nitrogen and oxygen atoms in total. The van der Waals surface area contributed by atoms with Crippen molar-refractivity contribution in [1.82, 2.24) is 24.9 Å². The van der Waals surface area contributed by atoms with Gasteiger partial charge in [0.25, 0.3) is 5.91 Å². The van der Waals surface area contributed by atoms with E-state index in [1.807, 2.05) is 83.6 Å². The summed E-state index contributed by atoms with van der Waals surface area (Å²) in [6.07, 6.45) is 1.89. The molecule has 0 fully saturated rings. The van der Waals surface area contributed by atoms with Gasteiger partial charge in [0.05, 0.1) is 27.7 Å². The van der Waals surface area contributed by atoms with Crippen molar-refractivity contribution in [2.45, 2.75) is 13.0 Å². The van der Waals surface area contributed by atoms with Gasteiger partial charge in [0.15, 0.2) is 11.5 Å². The van der Waals surface area contributed by atoms with E-state index >= 15 is 0 Å².